The van der Waals surface area contributed by atoms with Crippen molar-refractivity contribution in [2.45, 2.75) is 58.5 Å². The highest BCUT2D eigenvalue weighted by Gasteiger charge is 2.35. The Morgan fingerprint density at radius 3 is 2.47 bits per heavy atom. The van der Waals surface area contributed by atoms with E-state index < -0.39 is 9.84 Å². The van der Waals surface area contributed by atoms with Crippen LogP contribution in [0.5, 0.6) is 0 Å². The molecule has 4 rings (SSSR count). The minimum Gasteiger partial charge on any atom is -0.464 e. The number of fused-ring (bicyclic) bond motifs is 1. The predicted molar refractivity (Wildman–Crippen MR) is 127 cm³/mol. The standard InChI is InChI=1S/C26H31NO4S/c1-4-19-7-10-25-24(13-19)22(16-31-25)14-26(28)27(23-11-12-32(29,30)17-23)15-20-5-8-21(9-6-20)18(2)3/h5-10,13,16,18,23H,4,11-12,14-15,17H2,1-3H3. The third-order valence-corrected chi connectivity index (χ3v) is 8.19. The van der Waals surface area contributed by atoms with Crippen molar-refractivity contribution in [3.05, 3.63) is 71.0 Å². The van der Waals surface area contributed by atoms with Crippen LogP contribution in [-0.2, 0) is 34.0 Å². The monoisotopic (exact) mass is 453 g/mol. The van der Waals surface area contributed by atoms with Gasteiger partial charge in [0, 0.05) is 23.5 Å². The molecule has 0 saturated carbocycles. The maximum absolute atomic E-state index is 13.5. The molecule has 6 heteroatoms. The lowest BCUT2D eigenvalue weighted by Gasteiger charge is -2.28. The number of benzene rings is 2. The third-order valence-electron chi connectivity index (χ3n) is 6.44. The Labute approximate surface area is 190 Å². The number of furan rings is 1. The highest BCUT2D eigenvalue weighted by atomic mass is 32.2. The van der Waals surface area contributed by atoms with Crippen molar-refractivity contribution in [2.24, 2.45) is 0 Å². The number of aryl methyl sites for hydroxylation is 1. The quantitative estimate of drug-likeness (QED) is 0.511. The molecule has 2 heterocycles. The molecule has 0 aliphatic carbocycles. The summed E-state index contributed by atoms with van der Waals surface area (Å²) in [4.78, 5) is 15.2. The molecule has 1 aliphatic heterocycles. The number of rotatable bonds is 7. The maximum Gasteiger partial charge on any atom is 0.227 e. The van der Waals surface area contributed by atoms with Crippen molar-refractivity contribution in [3.8, 4) is 0 Å². The predicted octanol–water partition coefficient (Wildman–Crippen LogP) is 4.88. The SMILES string of the molecule is CCc1ccc2occ(CC(=O)N(Cc3ccc(C(C)C)cc3)C3CCS(=O)(=O)C3)c2c1. The molecule has 1 unspecified atom stereocenters. The highest BCUT2D eigenvalue weighted by Crippen LogP contribution is 2.26. The zero-order chi connectivity index (χ0) is 22.9. The van der Waals surface area contributed by atoms with Gasteiger partial charge in [-0.1, -0.05) is 51.1 Å². The van der Waals surface area contributed by atoms with Crippen LogP contribution in [0.1, 0.15) is 55.4 Å². The van der Waals surface area contributed by atoms with E-state index in [0.717, 1.165) is 28.5 Å². The fraction of sp³-hybridized carbons (Fsp3) is 0.423. The fourth-order valence-electron chi connectivity index (χ4n) is 4.40. The summed E-state index contributed by atoms with van der Waals surface area (Å²) >= 11 is 0. The van der Waals surface area contributed by atoms with Crippen molar-refractivity contribution in [1.82, 2.24) is 4.90 Å². The molecule has 0 radical (unpaired) electrons. The molecule has 1 saturated heterocycles. The zero-order valence-electron chi connectivity index (χ0n) is 19.0. The average Bonchev–Trinajstić information content (AvgIpc) is 3.34. The van der Waals surface area contributed by atoms with Gasteiger partial charge in [-0.3, -0.25) is 4.79 Å². The van der Waals surface area contributed by atoms with Crippen LogP contribution in [-0.4, -0.2) is 36.8 Å². The Hall–Kier alpha value is -2.60. The second-order valence-corrected chi connectivity index (χ2v) is 11.3. The van der Waals surface area contributed by atoms with Crippen molar-refractivity contribution >= 4 is 26.7 Å². The van der Waals surface area contributed by atoms with Crippen LogP contribution >= 0.6 is 0 Å². The summed E-state index contributed by atoms with van der Waals surface area (Å²) in [6.07, 6.45) is 3.25. The molecule has 5 nitrogen and oxygen atoms in total. The van der Waals surface area contributed by atoms with Gasteiger partial charge < -0.3 is 9.32 Å². The fourth-order valence-corrected chi connectivity index (χ4v) is 6.13. The number of amides is 1. The Morgan fingerprint density at radius 1 is 1.12 bits per heavy atom. The molecule has 3 aromatic rings. The van der Waals surface area contributed by atoms with Crippen LogP contribution in [0, 0.1) is 0 Å². The number of hydrogen-bond donors (Lipinski definition) is 0. The van der Waals surface area contributed by atoms with Crippen LogP contribution in [0.25, 0.3) is 11.0 Å². The van der Waals surface area contributed by atoms with Crippen LogP contribution in [0.15, 0.2) is 53.1 Å². The van der Waals surface area contributed by atoms with E-state index in [-0.39, 0.29) is 29.9 Å². The molecule has 1 fully saturated rings. The second kappa shape index (κ2) is 9.10. The van der Waals surface area contributed by atoms with E-state index in [1.54, 1.807) is 11.2 Å². The summed E-state index contributed by atoms with van der Waals surface area (Å²) in [5, 5.41) is 0.956. The molecule has 170 valence electrons. The van der Waals surface area contributed by atoms with Gasteiger partial charge in [0.2, 0.25) is 5.91 Å². The Bertz CT molecular complexity index is 1210. The smallest absolute Gasteiger partial charge is 0.227 e. The van der Waals surface area contributed by atoms with E-state index in [2.05, 4.69) is 39.0 Å². The van der Waals surface area contributed by atoms with E-state index in [9.17, 15) is 13.2 Å². The van der Waals surface area contributed by atoms with E-state index in [0.29, 0.717) is 18.9 Å². The number of carbonyl (C=O) groups excluding carboxylic acids is 1. The minimum atomic E-state index is -3.10. The summed E-state index contributed by atoms with van der Waals surface area (Å²) in [6.45, 7) is 6.80. The molecule has 32 heavy (non-hydrogen) atoms. The minimum absolute atomic E-state index is 0.0366. The zero-order valence-corrected chi connectivity index (χ0v) is 19.8. The summed E-state index contributed by atoms with van der Waals surface area (Å²) in [7, 11) is -3.10. The first-order valence-electron chi connectivity index (χ1n) is 11.3. The number of sulfone groups is 1. The van der Waals surface area contributed by atoms with E-state index in [1.165, 1.54) is 11.1 Å². The largest absolute Gasteiger partial charge is 0.464 e. The summed E-state index contributed by atoms with van der Waals surface area (Å²) in [5.74, 6) is 0.547. The lowest BCUT2D eigenvalue weighted by Crippen LogP contribution is -2.41. The molecular weight excluding hydrogens is 422 g/mol. The molecular formula is C26H31NO4S. The molecule has 1 aromatic heterocycles. The number of nitrogens with zero attached hydrogens (tertiary/aromatic N) is 1. The number of hydrogen-bond acceptors (Lipinski definition) is 4. The summed E-state index contributed by atoms with van der Waals surface area (Å²) < 4.78 is 30.0. The Morgan fingerprint density at radius 2 is 1.84 bits per heavy atom. The summed E-state index contributed by atoms with van der Waals surface area (Å²) in [5.41, 5.74) is 5.06. The van der Waals surface area contributed by atoms with E-state index in [1.807, 2.05) is 24.3 Å². The molecule has 0 N–H and O–H groups in total. The van der Waals surface area contributed by atoms with Gasteiger partial charge in [0.05, 0.1) is 24.2 Å². The highest BCUT2D eigenvalue weighted by molar-refractivity contribution is 7.91. The normalized spacial score (nSPS) is 17.8. The van der Waals surface area contributed by atoms with Crippen LogP contribution in [0.3, 0.4) is 0 Å². The Kier molecular flexibility index (Phi) is 6.42. The van der Waals surface area contributed by atoms with E-state index in [4.69, 9.17) is 4.42 Å². The van der Waals surface area contributed by atoms with E-state index >= 15 is 0 Å². The van der Waals surface area contributed by atoms with Crippen LogP contribution < -0.4 is 0 Å². The molecule has 0 bridgehead atoms. The first-order valence-corrected chi connectivity index (χ1v) is 13.2. The molecule has 2 aromatic carbocycles. The van der Waals surface area contributed by atoms with Gasteiger partial charge in [-0.25, -0.2) is 8.42 Å². The van der Waals surface area contributed by atoms with Crippen molar-refractivity contribution in [3.63, 3.8) is 0 Å². The summed E-state index contributed by atoms with van der Waals surface area (Å²) in [6, 6.07) is 14.0. The van der Waals surface area contributed by atoms with Gasteiger partial charge in [0.1, 0.15) is 5.58 Å². The van der Waals surface area contributed by atoms with Crippen LogP contribution in [0.2, 0.25) is 0 Å². The lowest BCUT2D eigenvalue weighted by molar-refractivity contribution is -0.133. The first-order chi connectivity index (χ1) is 15.3. The van der Waals surface area contributed by atoms with Gasteiger partial charge in [0.25, 0.3) is 0 Å². The molecule has 1 atom stereocenters. The first kappa shape index (κ1) is 22.6. The topological polar surface area (TPSA) is 67.6 Å². The van der Waals surface area contributed by atoms with Crippen molar-refractivity contribution in [2.75, 3.05) is 11.5 Å². The van der Waals surface area contributed by atoms with Gasteiger partial charge in [-0.2, -0.15) is 0 Å². The molecule has 1 amide bonds. The molecule has 1 aliphatic rings. The van der Waals surface area contributed by atoms with Gasteiger partial charge >= 0.3 is 0 Å². The van der Waals surface area contributed by atoms with Crippen LogP contribution in [0.4, 0.5) is 0 Å². The van der Waals surface area contributed by atoms with Gasteiger partial charge in [0.15, 0.2) is 9.84 Å². The molecule has 0 spiro atoms. The van der Waals surface area contributed by atoms with Crippen molar-refractivity contribution in [1.29, 1.82) is 0 Å². The van der Waals surface area contributed by atoms with Gasteiger partial charge in [-0.05, 0) is 47.6 Å². The van der Waals surface area contributed by atoms with Gasteiger partial charge in [-0.15, -0.1) is 0 Å². The maximum atomic E-state index is 13.5. The second-order valence-electron chi connectivity index (χ2n) is 9.10. The number of carbonyl (C=O) groups is 1. The van der Waals surface area contributed by atoms with Crippen molar-refractivity contribution < 1.29 is 17.6 Å². The average molecular weight is 454 g/mol. The third kappa shape index (κ3) is 4.90. The lowest BCUT2D eigenvalue weighted by atomic mass is 10.0. The Balaban J connectivity index is 1.60.